The molecule has 0 aliphatic heterocycles. The van der Waals surface area contributed by atoms with Crippen LogP contribution in [0.5, 0.6) is 0 Å². The molecular formula is C21H20FN3O3. The van der Waals surface area contributed by atoms with Gasteiger partial charge in [-0.15, -0.1) is 0 Å². The second kappa shape index (κ2) is 8.04. The molecule has 0 N–H and O–H groups in total. The fraction of sp³-hybridized carbons (Fsp3) is 0.190. The van der Waals surface area contributed by atoms with E-state index in [1.165, 1.54) is 27.9 Å². The first-order valence-corrected chi connectivity index (χ1v) is 8.65. The highest BCUT2D eigenvalue weighted by atomic mass is 19.1. The summed E-state index contributed by atoms with van der Waals surface area (Å²) in [5.74, 6) is -1.34. The maximum atomic E-state index is 13.2. The minimum Gasteiger partial charge on any atom is -0.452 e. The zero-order valence-electron chi connectivity index (χ0n) is 15.8. The monoisotopic (exact) mass is 381 g/mol. The van der Waals surface area contributed by atoms with Gasteiger partial charge in [0.05, 0.1) is 5.69 Å². The molecule has 2 aromatic carbocycles. The first-order chi connectivity index (χ1) is 13.3. The summed E-state index contributed by atoms with van der Waals surface area (Å²) in [5.41, 5.74) is 3.05. The van der Waals surface area contributed by atoms with E-state index in [1.807, 2.05) is 31.2 Å². The van der Waals surface area contributed by atoms with Gasteiger partial charge in [-0.3, -0.25) is 4.79 Å². The van der Waals surface area contributed by atoms with Crippen LogP contribution in [0.1, 0.15) is 15.9 Å². The Labute approximate surface area is 162 Å². The Balaban J connectivity index is 1.98. The van der Waals surface area contributed by atoms with Crippen molar-refractivity contribution >= 4 is 11.9 Å². The molecule has 0 aliphatic rings. The van der Waals surface area contributed by atoms with Gasteiger partial charge in [0.25, 0.3) is 5.91 Å². The van der Waals surface area contributed by atoms with Crippen LogP contribution in [0, 0.1) is 12.7 Å². The van der Waals surface area contributed by atoms with E-state index in [9.17, 15) is 14.0 Å². The van der Waals surface area contributed by atoms with Gasteiger partial charge in [0.1, 0.15) is 17.1 Å². The van der Waals surface area contributed by atoms with E-state index in [1.54, 1.807) is 26.2 Å². The van der Waals surface area contributed by atoms with Crippen molar-refractivity contribution in [3.05, 3.63) is 71.7 Å². The summed E-state index contributed by atoms with van der Waals surface area (Å²) in [6.07, 6.45) is 1.52. The van der Waals surface area contributed by atoms with E-state index >= 15 is 0 Å². The van der Waals surface area contributed by atoms with Crippen molar-refractivity contribution in [1.29, 1.82) is 0 Å². The first kappa shape index (κ1) is 19.3. The third-order valence-corrected chi connectivity index (χ3v) is 4.18. The average molecular weight is 381 g/mol. The number of ether oxygens (including phenoxy) is 1. The van der Waals surface area contributed by atoms with Crippen molar-refractivity contribution < 1.29 is 18.7 Å². The molecule has 6 nitrogen and oxygen atoms in total. The number of hydrogen-bond donors (Lipinski definition) is 0. The zero-order chi connectivity index (χ0) is 20.3. The number of hydrogen-bond acceptors (Lipinski definition) is 4. The van der Waals surface area contributed by atoms with Crippen LogP contribution in [-0.2, 0) is 9.53 Å². The van der Waals surface area contributed by atoms with Gasteiger partial charge < -0.3 is 9.64 Å². The van der Waals surface area contributed by atoms with E-state index < -0.39 is 5.97 Å². The third kappa shape index (κ3) is 4.25. The van der Waals surface area contributed by atoms with Crippen LogP contribution < -0.4 is 0 Å². The van der Waals surface area contributed by atoms with Crippen LogP contribution in [0.3, 0.4) is 0 Å². The fourth-order valence-electron chi connectivity index (χ4n) is 2.51. The Hall–Kier alpha value is -3.48. The molecule has 28 heavy (non-hydrogen) atoms. The van der Waals surface area contributed by atoms with Gasteiger partial charge in [-0.05, 0) is 31.2 Å². The van der Waals surface area contributed by atoms with Gasteiger partial charge in [0, 0.05) is 25.9 Å². The summed E-state index contributed by atoms with van der Waals surface area (Å²) >= 11 is 0. The number of rotatable bonds is 5. The maximum Gasteiger partial charge on any atom is 0.342 e. The molecule has 1 heterocycles. The number of carbonyl (C=O) groups excluding carboxylic acids is 2. The van der Waals surface area contributed by atoms with Crippen molar-refractivity contribution in [3.63, 3.8) is 0 Å². The predicted octanol–water partition coefficient (Wildman–Crippen LogP) is 3.23. The quantitative estimate of drug-likeness (QED) is 0.637. The lowest BCUT2D eigenvalue weighted by atomic mass is 10.1. The molecule has 0 aliphatic carbocycles. The van der Waals surface area contributed by atoms with Gasteiger partial charge in [-0.1, -0.05) is 29.8 Å². The Morgan fingerprint density at radius 2 is 1.71 bits per heavy atom. The lowest BCUT2D eigenvalue weighted by molar-refractivity contribution is -0.131. The van der Waals surface area contributed by atoms with Gasteiger partial charge in [-0.25, -0.2) is 13.9 Å². The largest absolute Gasteiger partial charge is 0.452 e. The van der Waals surface area contributed by atoms with Crippen LogP contribution in [0.25, 0.3) is 16.9 Å². The molecule has 1 amide bonds. The SMILES string of the molecule is Cc1ccc(-c2nn(-c3ccc(F)cc3)cc2C(=O)OCC(=O)N(C)C)cc1. The molecule has 0 bridgehead atoms. The summed E-state index contributed by atoms with van der Waals surface area (Å²) in [6.45, 7) is 1.60. The van der Waals surface area contributed by atoms with Crippen molar-refractivity contribution in [2.45, 2.75) is 6.92 Å². The predicted molar refractivity (Wildman–Crippen MR) is 103 cm³/mol. The second-order valence-electron chi connectivity index (χ2n) is 6.54. The number of benzene rings is 2. The van der Waals surface area contributed by atoms with E-state index in [0.717, 1.165) is 11.1 Å². The van der Waals surface area contributed by atoms with Crippen LogP contribution >= 0.6 is 0 Å². The molecule has 0 saturated heterocycles. The number of amides is 1. The Bertz CT molecular complexity index is 993. The Morgan fingerprint density at radius 3 is 2.32 bits per heavy atom. The highest BCUT2D eigenvalue weighted by Gasteiger charge is 2.21. The van der Waals surface area contributed by atoms with Gasteiger partial charge in [-0.2, -0.15) is 5.10 Å². The molecular weight excluding hydrogens is 361 g/mol. The van der Waals surface area contributed by atoms with Crippen molar-refractivity contribution in [1.82, 2.24) is 14.7 Å². The van der Waals surface area contributed by atoms with E-state index in [0.29, 0.717) is 11.4 Å². The van der Waals surface area contributed by atoms with E-state index in [4.69, 9.17) is 4.74 Å². The summed E-state index contributed by atoms with van der Waals surface area (Å²) in [5, 5.41) is 4.49. The molecule has 0 radical (unpaired) electrons. The summed E-state index contributed by atoms with van der Waals surface area (Å²) in [7, 11) is 3.17. The van der Waals surface area contributed by atoms with Gasteiger partial charge in [0.2, 0.25) is 0 Å². The normalized spacial score (nSPS) is 10.6. The number of aryl methyl sites for hydroxylation is 1. The highest BCUT2D eigenvalue weighted by Crippen LogP contribution is 2.25. The number of esters is 1. The molecule has 0 unspecified atom stereocenters. The number of halogens is 1. The van der Waals surface area contributed by atoms with Crippen LogP contribution in [0.4, 0.5) is 4.39 Å². The van der Waals surface area contributed by atoms with Crippen LogP contribution in [0.15, 0.2) is 54.7 Å². The molecule has 1 aromatic heterocycles. The van der Waals surface area contributed by atoms with Crippen molar-refractivity contribution in [2.75, 3.05) is 20.7 Å². The minimum absolute atomic E-state index is 0.222. The number of likely N-dealkylation sites (N-methyl/N-ethyl adjacent to an activating group) is 1. The number of carbonyl (C=O) groups is 2. The van der Waals surface area contributed by atoms with E-state index in [2.05, 4.69) is 5.10 Å². The molecule has 0 fully saturated rings. The molecule has 144 valence electrons. The van der Waals surface area contributed by atoms with Crippen molar-refractivity contribution in [3.8, 4) is 16.9 Å². The number of aromatic nitrogens is 2. The Kier molecular flexibility index (Phi) is 5.54. The van der Waals surface area contributed by atoms with E-state index in [-0.39, 0.29) is 23.9 Å². The fourth-order valence-corrected chi connectivity index (χ4v) is 2.51. The lowest BCUT2D eigenvalue weighted by Crippen LogP contribution is -2.27. The first-order valence-electron chi connectivity index (χ1n) is 8.65. The molecule has 0 saturated carbocycles. The topological polar surface area (TPSA) is 64.4 Å². The molecule has 0 atom stereocenters. The van der Waals surface area contributed by atoms with Crippen molar-refractivity contribution in [2.24, 2.45) is 0 Å². The van der Waals surface area contributed by atoms with Crippen LogP contribution in [0.2, 0.25) is 0 Å². The second-order valence-corrected chi connectivity index (χ2v) is 6.54. The Morgan fingerprint density at radius 1 is 1.07 bits per heavy atom. The molecule has 3 rings (SSSR count). The summed E-state index contributed by atoms with van der Waals surface area (Å²) < 4.78 is 19.9. The third-order valence-electron chi connectivity index (χ3n) is 4.18. The average Bonchev–Trinajstić information content (AvgIpc) is 3.12. The summed E-state index contributed by atoms with van der Waals surface area (Å²) in [6, 6.07) is 13.3. The minimum atomic E-state index is -0.654. The van der Waals surface area contributed by atoms with Gasteiger partial charge in [0.15, 0.2) is 6.61 Å². The van der Waals surface area contributed by atoms with Crippen LogP contribution in [-0.4, -0.2) is 47.3 Å². The summed E-state index contributed by atoms with van der Waals surface area (Å²) in [4.78, 5) is 25.7. The number of nitrogens with zero attached hydrogens (tertiary/aromatic N) is 3. The zero-order valence-corrected chi connectivity index (χ0v) is 15.8. The molecule has 0 spiro atoms. The smallest absolute Gasteiger partial charge is 0.342 e. The van der Waals surface area contributed by atoms with Gasteiger partial charge >= 0.3 is 5.97 Å². The maximum absolute atomic E-state index is 13.2. The molecule has 3 aromatic rings. The lowest BCUT2D eigenvalue weighted by Gasteiger charge is -2.10. The standard InChI is InChI=1S/C21H20FN3O3/c1-14-4-6-15(7-5-14)20-18(21(27)28-13-19(26)24(2)3)12-25(23-20)17-10-8-16(22)9-11-17/h4-12H,13H2,1-3H3. The highest BCUT2D eigenvalue weighted by molar-refractivity contribution is 5.97. The molecule has 7 heteroatoms.